The van der Waals surface area contributed by atoms with Crippen LogP contribution in [0.3, 0.4) is 0 Å². The third-order valence-corrected chi connectivity index (χ3v) is 15.6. The molecule has 0 aromatic heterocycles. The molecule has 1 aliphatic rings. The van der Waals surface area contributed by atoms with Gasteiger partial charge in [0.2, 0.25) is 0 Å². The molecule has 0 bridgehead atoms. The van der Waals surface area contributed by atoms with E-state index >= 15 is 0 Å². The Morgan fingerprint density at radius 1 is 0.791 bits per heavy atom. The molecule has 0 unspecified atom stereocenters. The van der Waals surface area contributed by atoms with Crippen LogP contribution in [0.2, 0.25) is 18.1 Å². The summed E-state index contributed by atoms with van der Waals surface area (Å²) < 4.78 is 2.30. The topological polar surface area (TPSA) is 0 Å². The smallest absolute Gasteiger partial charge is 0.172 e. The molecule has 0 atom stereocenters. The van der Waals surface area contributed by atoms with E-state index in [4.69, 9.17) is 0 Å². The van der Waals surface area contributed by atoms with E-state index in [1.807, 2.05) is 30.3 Å². The molecule has 1 aliphatic carbocycles. The number of benzene rings is 3. The van der Waals surface area contributed by atoms with Gasteiger partial charge in [-0.15, -0.1) is 5.56 Å². The van der Waals surface area contributed by atoms with E-state index in [0.717, 1.165) is 30.3 Å². The third kappa shape index (κ3) is 10.0. The van der Waals surface area contributed by atoms with Gasteiger partial charge in [-0.2, -0.15) is 47.5 Å². The number of hydrogen-bond donors (Lipinski definition) is 0. The molecular formula is C39H50Cl2HfSi-2. The Morgan fingerprint density at radius 2 is 1.37 bits per heavy atom. The maximum atomic E-state index is 3.55. The van der Waals surface area contributed by atoms with Crippen molar-refractivity contribution in [2.45, 2.75) is 97.7 Å². The Balaban J connectivity index is 0.000000368. The molecule has 0 heterocycles. The van der Waals surface area contributed by atoms with Gasteiger partial charge in [0.05, 0.1) is 0 Å². The molecule has 5 rings (SSSR count). The van der Waals surface area contributed by atoms with Crippen molar-refractivity contribution in [1.29, 1.82) is 0 Å². The Kier molecular flexibility index (Phi) is 15.9. The molecule has 0 radical (unpaired) electrons. The van der Waals surface area contributed by atoms with Crippen LogP contribution < -0.4 is 30.0 Å². The number of fused-ring (bicyclic) bond motifs is 3. The second-order valence-electron chi connectivity index (χ2n) is 13.4. The van der Waals surface area contributed by atoms with Crippen molar-refractivity contribution in [3.8, 4) is 11.1 Å². The maximum absolute atomic E-state index is 3.55. The van der Waals surface area contributed by atoms with Gasteiger partial charge >= 0.3 is 110 Å². The second-order valence-corrected chi connectivity index (χ2v) is 19.7. The first-order chi connectivity index (χ1) is 19.4. The normalized spacial score (nSPS) is 11.8. The summed E-state index contributed by atoms with van der Waals surface area (Å²) in [7, 11) is -1.13. The molecule has 0 aliphatic heterocycles. The minimum atomic E-state index is -1.13. The van der Waals surface area contributed by atoms with Crippen LogP contribution in [-0.4, -0.2) is 11.8 Å². The summed E-state index contributed by atoms with van der Waals surface area (Å²) in [5, 5.41) is 1.65. The van der Waals surface area contributed by atoms with E-state index in [9.17, 15) is 0 Å². The van der Waals surface area contributed by atoms with E-state index in [-0.39, 0.29) is 35.6 Å². The zero-order valence-electron chi connectivity index (χ0n) is 27.7. The molecule has 4 heteroatoms. The van der Waals surface area contributed by atoms with Gasteiger partial charge < -0.3 is 24.8 Å². The van der Waals surface area contributed by atoms with Gasteiger partial charge in [0, 0.05) is 0 Å². The summed E-state index contributed by atoms with van der Waals surface area (Å²) in [6.45, 7) is 20.8. The summed E-state index contributed by atoms with van der Waals surface area (Å²) in [5.74, 6) is 0. The van der Waals surface area contributed by atoms with Crippen LogP contribution >= 0.6 is 0 Å². The quantitative estimate of drug-likeness (QED) is 0.185. The van der Waals surface area contributed by atoms with Gasteiger partial charge in [-0.3, -0.25) is 0 Å². The molecular weight excluding hydrogens is 746 g/mol. The van der Waals surface area contributed by atoms with E-state index in [0.29, 0.717) is 0 Å². The van der Waals surface area contributed by atoms with E-state index in [2.05, 4.69) is 127 Å². The van der Waals surface area contributed by atoms with Crippen LogP contribution in [0.1, 0.15) is 90.1 Å². The van der Waals surface area contributed by atoms with Crippen LogP contribution in [0.25, 0.3) is 11.1 Å². The zero-order valence-corrected chi connectivity index (χ0v) is 33.8. The minimum absolute atomic E-state index is 0. The Hall–Kier alpha value is -1.45. The predicted molar refractivity (Wildman–Crippen MR) is 181 cm³/mol. The summed E-state index contributed by atoms with van der Waals surface area (Å²) in [6.07, 6.45) is 1.03. The maximum Gasteiger partial charge on any atom is -0.172 e. The number of halogens is 2. The Bertz CT molecular complexity index is 1360. The fourth-order valence-corrected chi connectivity index (χ4v) is 10.2. The molecule has 0 nitrogen and oxygen atoms in total. The molecule has 0 saturated carbocycles. The average Bonchev–Trinajstić information content (AvgIpc) is 3.66. The van der Waals surface area contributed by atoms with Crippen molar-refractivity contribution in [2.24, 2.45) is 0 Å². The molecule has 230 valence electrons. The fourth-order valence-electron chi connectivity index (χ4n) is 5.87. The van der Waals surface area contributed by atoms with E-state index in [1.165, 1.54) is 57.1 Å². The standard InChI is InChI=1S/C21H25.C13H20Si.C5H5.2ClH.Hf/c1-20(2,3)15-11-10-14-12-18-16(17(14)13-15)8-7-9-19(18)21(4,5)6;1-5-14(6-2,7-3)13-10-8-12(4)9-11-13;1-2-4-5-3-1;;;/h7-9,11,13H,12H2,1-6H3;4,8-11H,5-7H2,1-3H3;1-5H;2*1H;/q-1;;-1;;;+2/p-2. The van der Waals surface area contributed by atoms with Gasteiger partial charge in [-0.25, -0.2) is 12.1 Å². The molecule has 0 N–H and O–H groups in total. The molecule has 0 spiro atoms. The molecule has 4 aromatic carbocycles. The first-order valence-electron chi connectivity index (χ1n) is 15.4. The monoisotopic (exact) mass is 796 g/mol. The average molecular weight is 796 g/mol. The Morgan fingerprint density at radius 3 is 1.81 bits per heavy atom. The second kappa shape index (κ2) is 17.3. The van der Waals surface area contributed by atoms with Crippen molar-refractivity contribution in [1.82, 2.24) is 0 Å². The van der Waals surface area contributed by atoms with E-state index < -0.39 is 8.07 Å². The molecule has 0 fully saturated rings. The summed E-state index contributed by atoms with van der Waals surface area (Å²) in [6, 6.07) is 38.4. The van der Waals surface area contributed by atoms with Crippen molar-refractivity contribution >= 4 is 17.0 Å². The van der Waals surface area contributed by atoms with Crippen LogP contribution in [0, 0.1) is 6.07 Å². The van der Waals surface area contributed by atoms with Crippen LogP contribution in [-0.2, 0) is 41.1 Å². The van der Waals surface area contributed by atoms with Crippen molar-refractivity contribution < 1.29 is 48.7 Å². The van der Waals surface area contributed by atoms with Gasteiger partial charge in [0.25, 0.3) is 0 Å². The van der Waals surface area contributed by atoms with Crippen molar-refractivity contribution in [3.05, 3.63) is 119 Å². The first kappa shape index (κ1) is 39.6. The largest absolute Gasteiger partial charge is 1.00 e. The minimum Gasteiger partial charge on any atom is -1.00 e. The van der Waals surface area contributed by atoms with Gasteiger partial charge in [-0.1, -0.05) is 70.7 Å². The van der Waals surface area contributed by atoms with Gasteiger partial charge in [0.15, 0.2) is 0 Å². The zero-order chi connectivity index (χ0) is 30.3. The van der Waals surface area contributed by atoms with Crippen LogP contribution in [0.4, 0.5) is 0 Å². The first-order valence-corrected chi connectivity index (χ1v) is 20.0. The van der Waals surface area contributed by atoms with Crippen LogP contribution in [0.5, 0.6) is 0 Å². The molecule has 0 saturated heterocycles. The Labute approximate surface area is 291 Å². The molecule has 4 aromatic rings. The molecule has 0 amide bonds. The fraction of sp³-hybridized carbons (Fsp3) is 0.385. The summed E-state index contributed by atoms with van der Waals surface area (Å²) >= 11 is 1.15. The summed E-state index contributed by atoms with van der Waals surface area (Å²) in [5.41, 5.74) is 10.3. The number of hydrogen-bond acceptors (Lipinski definition) is 0. The molecule has 43 heavy (non-hydrogen) atoms. The number of rotatable bonds is 5. The van der Waals surface area contributed by atoms with Crippen molar-refractivity contribution in [3.63, 3.8) is 0 Å². The van der Waals surface area contributed by atoms with Crippen molar-refractivity contribution in [2.75, 3.05) is 0 Å². The van der Waals surface area contributed by atoms with E-state index in [1.54, 1.807) is 5.19 Å². The summed E-state index contributed by atoms with van der Waals surface area (Å²) in [4.78, 5) is 0. The predicted octanol–water partition coefficient (Wildman–Crippen LogP) is 4.17. The van der Waals surface area contributed by atoms with Crippen LogP contribution in [0.15, 0.2) is 84.9 Å². The van der Waals surface area contributed by atoms with Gasteiger partial charge in [0.1, 0.15) is 0 Å². The third-order valence-electron chi connectivity index (χ3n) is 8.80. The van der Waals surface area contributed by atoms with Gasteiger partial charge in [-0.05, 0) is 23.0 Å². The SMILES string of the molecule is CC(C)(C)c1c[c-]c2c(c1)-c1cccc(C(C)(C)C)c1C2.CC[Si](CC)(CC)c1ccc([CH]=[Hf+2])cc1.[Cl-].[Cl-].c1cc[cH-]c1.